The van der Waals surface area contributed by atoms with E-state index in [1.807, 2.05) is 30.5 Å². The highest BCUT2D eigenvalue weighted by Gasteiger charge is 2.22. The van der Waals surface area contributed by atoms with E-state index >= 15 is 0 Å². The van der Waals surface area contributed by atoms with Crippen molar-refractivity contribution in [2.75, 3.05) is 43.9 Å². The van der Waals surface area contributed by atoms with Gasteiger partial charge in [0.1, 0.15) is 11.4 Å². The van der Waals surface area contributed by atoms with Crippen molar-refractivity contribution in [2.24, 2.45) is 0 Å². The lowest BCUT2D eigenvalue weighted by atomic mass is 10.1. The molecule has 2 N–H and O–H groups in total. The smallest absolute Gasteiger partial charge is 0.225 e. The summed E-state index contributed by atoms with van der Waals surface area (Å²) in [6, 6.07) is 11.9. The van der Waals surface area contributed by atoms with Crippen molar-refractivity contribution in [2.45, 2.75) is 13.5 Å². The molecule has 0 spiro atoms. The first-order valence-corrected chi connectivity index (χ1v) is 10.8. The molecule has 8 nitrogen and oxygen atoms in total. The first kappa shape index (κ1) is 20.3. The third-order valence-corrected chi connectivity index (χ3v) is 5.99. The summed E-state index contributed by atoms with van der Waals surface area (Å²) in [6.07, 6.45) is 5.55. The lowest BCUT2D eigenvalue weighted by molar-refractivity contribution is 0.245. The Balaban J connectivity index is 1.45. The van der Waals surface area contributed by atoms with E-state index in [-0.39, 0.29) is 0 Å². The number of fused-ring (bicyclic) bond motifs is 1. The SMILES string of the molecule is COc1ccc(-c2nc3ccc(N)cn3c2CN2CCN(c3ncccn3)CC2)cc1C. The van der Waals surface area contributed by atoms with E-state index in [0.29, 0.717) is 0 Å². The lowest BCUT2D eigenvalue weighted by Crippen LogP contribution is -2.46. The highest BCUT2D eigenvalue weighted by Crippen LogP contribution is 2.30. The van der Waals surface area contributed by atoms with Gasteiger partial charge in [-0.2, -0.15) is 0 Å². The van der Waals surface area contributed by atoms with Crippen molar-refractivity contribution in [3.8, 4) is 17.0 Å². The molecule has 8 heteroatoms. The third-order valence-electron chi connectivity index (χ3n) is 5.99. The molecule has 1 aliphatic rings. The molecular weight excluding hydrogens is 402 g/mol. The number of piperazine rings is 1. The summed E-state index contributed by atoms with van der Waals surface area (Å²) in [5.41, 5.74) is 12.0. The Bertz CT molecular complexity index is 1230. The second-order valence-corrected chi connectivity index (χ2v) is 8.09. The highest BCUT2D eigenvalue weighted by atomic mass is 16.5. The molecule has 4 heterocycles. The third kappa shape index (κ3) is 3.85. The molecule has 3 aromatic heterocycles. The van der Waals surface area contributed by atoms with Crippen molar-refractivity contribution in [1.82, 2.24) is 24.3 Å². The molecule has 164 valence electrons. The number of methoxy groups -OCH3 is 1. The van der Waals surface area contributed by atoms with Crippen LogP contribution in [0.5, 0.6) is 5.75 Å². The molecular formula is C24H27N7O. The van der Waals surface area contributed by atoms with Gasteiger partial charge in [0.05, 0.1) is 18.5 Å². The number of hydrogen-bond donors (Lipinski definition) is 1. The largest absolute Gasteiger partial charge is 0.496 e. The molecule has 0 radical (unpaired) electrons. The average Bonchev–Trinajstić information content (AvgIpc) is 3.17. The number of nitrogens with two attached hydrogens (primary N) is 1. The fourth-order valence-electron chi connectivity index (χ4n) is 4.29. The van der Waals surface area contributed by atoms with E-state index in [4.69, 9.17) is 15.5 Å². The Morgan fingerprint density at radius 2 is 1.81 bits per heavy atom. The quantitative estimate of drug-likeness (QED) is 0.522. The maximum absolute atomic E-state index is 6.12. The standard InChI is InChI=1S/C24H27N7O/c1-17-14-18(4-6-21(17)32-2)23-20(31-15-19(25)5-7-22(31)28-23)16-29-10-12-30(13-11-29)24-26-8-3-9-27-24/h3-9,14-15H,10-13,16,25H2,1-2H3. The minimum absolute atomic E-state index is 0.722. The van der Waals surface area contributed by atoms with Gasteiger partial charge >= 0.3 is 0 Å². The van der Waals surface area contributed by atoms with Crippen LogP contribution in [-0.2, 0) is 6.54 Å². The van der Waals surface area contributed by atoms with Crippen molar-refractivity contribution in [3.05, 3.63) is 66.2 Å². The van der Waals surface area contributed by atoms with Crippen LogP contribution in [0.15, 0.2) is 55.0 Å². The van der Waals surface area contributed by atoms with Crippen molar-refractivity contribution in [1.29, 1.82) is 0 Å². The highest BCUT2D eigenvalue weighted by molar-refractivity contribution is 5.69. The van der Waals surface area contributed by atoms with Gasteiger partial charge in [-0.25, -0.2) is 15.0 Å². The molecule has 0 aliphatic carbocycles. The second kappa shape index (κ2) is 8.47. The number of nitrogens with zero attached hydrogens (tertiary/aromatic N) is 6. The number of nitrogen functional groups attached to an aromatic ring is 1. The summed E-state index contributed by atoms with van der Waals surface area (Å²) < 4.78 is 7.57. The van der Waals surface area contributed by atoms with Gasteiger partial charge in [-0.15, -0.1) is 0 Å². The number of anilines is 2. The van der Waals surface area contributed by atoms with Gasteiger partial charge in [-0.3, -0.25) is 4.90 Å². The molecule has 4 aromatic rings. The number of hydrogen-bond acceptors (Lipinski definition) is 7. The molecule has 1 fully saturated rings. The minimum atomic E-state index is 0.722. The van der Waals surface area contributed by atoms with Gasteiger partial charge in [-0.1, -0.05) is 0 Å². The Morgan fingerprint density at radius 3 is 2.53 bits per heavy atom. The Hall–Kier alpha value is -3.65. The van der Waals surface area contributed by atoms with Crippen LogP contribution in [0.2, 0.25) is 0 Å². The van der Waals surface area contributed by atoms with Crippen LogP contribution in [0.1, 0.15) is 11.3 Å². The number of imidazole rings is 1. The maximum atomic E-state index is 6.12. The van der Waals surface area contributed by atoms with E-state index in [2.05, 4.69) is 43.2 Å². The van der Waals surface area contributed by atoms with Crippen molar-refractivity contribution < 1.29 is 4.74 Å². The number of aryl methyl sites for hydroxylation is 1. The van der Waals surface area contributed by atoms with Crippen molar-refractivity contribution in [3.63, 3.8) is 0 Å². The molecule has 32 heavy (non-hydrogen) atoms. The van der Waals surface area contributed by atoms with Crippen LogP contribution in [-0.4, -0.2) is 57.5 Å². The zero-order valence-corrected chi connectivity index (χ0v) is 18.4. The van der Waals surface area contributed by atoms with Gasteiger partial charge in [-0.05, 0) is 48.9 Å². The number of ether oxygens (including phenoxy) is 1. The summed E-state index contributed by atoms with van der Waals surface area (Å²) in [5.74, 6) is 1.67. The van der Waals surface area contributed by atoms with E-state index in [0.717, 1.165) is 78.3 Å². The number of benzene rings is 1. The Labute approximate surface area is 187 Å². The van der Waals surface area contributed by atoms with Crippen LogP contribution < -0.4 is 15.4 Å². The summed E-state index contributed by atoms with van der Waals surface area (Å²) in [6.45, 7) is 6.47. The van der Waals surface area contributed by atoms with E-state index < -0.39 is 0 Å². The van der Waals surface area contributed by atoms with Gasteiger partial charge < -0.3 is 19.8 Å². The maximum Gasteiger partial charge on any atom is 0.225 e. The summed E-state index contributed by atoms with van der Waals surface area (Å²) in [5, 5.41) is 0. The summed E-state index contributed by atoms with van der Waals surface area (Å²) in [4.78, 5) is 18.4. The zero-order chi connectivity index (χ0) is 22.1. The van der Waals surface area contributed by atoms with Crippen LogP contribution in [0.3, 0.4) is 0 Å². The second-order valence-electron chi connectivity index (χ2n) is 8.09. The number of rotatable bonds is 5. The van der Waals surface area contributed by atoms with E-state index in [1.54, 1.807) is 19.5 Å². The van der Waals surface area contributed by atoms with Crippen LogP contribution in [0, 0.1) is 6.92 Å². The predicted molar refractivity (Wildman–Crippen MR) is 126 cm³/mol. The van der Waals surface area contributed by atoms with Crippen molar-refractivity contribution >= 4 is 17.3 Å². The molecule has 0 bridgehead atoms. The Kier molecular flexibility index (Phi) is 5.36. The van der Waals surface area contributed by atoms with Gasteiger partial charge in [0, 0.05) is 62.6 Å². The zero-order valence-electron chi connectivity index (χ0n) is 18.4. The first-order valence-electron chi connectivity index (χ1n) is 10.8. The molecule has 1 saturated heterocycles. The first-order chi connectivity index (χ1) is 15.6. The lowest BCUT2D eigenvalue weighted by Gasteiger charge is -2.34. The number of pyridine rings is 1. The molecule has 1 aromatic carbocycles. The fraction of sp³-hybridized carbons (Fsp3) is 0.292. The van der Waals surface area contributed by atoms with E-state index in [1.165, 1.54) is 0 Å². The molecule has 5 rings (SSSR count). The van der Waals surface area contributed by atoms with Gasteiger partial charge in [0.15, 0.2) is 0 Å². The average molecular weight is 430 g/mol. The molecule has 0 atom stereocenters. The van der Waals surface area contributed by atoms with Crippen LogP contribution in [0.4, 0.5) is 11.6 Å². The predicted octanol–water partition coefficient (Wildman–Crippen LogP) is 3.01. The minimum Gasteiger partial charge on any atom is -0.496 e. The number of aromatic nitrogens is 4. The van der Waals surface area contributed by atoms with Crippen LogP contribution in [0.25, 0.3) is 16.9 Å². The summed E-state index contributed by atoms with van der Waals surface area (Å²) in [7, 11) is 1.70. The molecule has 1 aliphatic heterocycles. The Morgan fingerprint density at radius 1 is 1.03 bits per heavy atom. The fourth-order valence-corrected chi connectivity index (χ4v) is 4.29. The molecule has 0 unspecified atom stereocenters. The monoisotopic (exact) mass is 429 g/mol. The molecule has 0 saturated carbocycles. The molecule has 0 amide bonds. The van der Waals surface area contributed by atoms with Crippen LogP contribution >= 0.6 is 0 Å². The van der Waals surface area contributed by atoms with E-state index in [9.17, 15) is 0 Å². The van der Waals surface area contributed by atoms with Gasteiger partial charge in [0.25, 0.3) is 0 Å². The van der Waals surface area contributed by atoms with Gasteiger partial charge in [0.2, 0.25) is 5.95 Å². The topological polar surface area (TPSA) is 84.8 Å². The normalized spacial score (nSPS) is 14.8. The summed E-state index contributed by atoms with van der Waals surface area (Å²) >= 11 is 0.